The van der Waals surface area contributed by atoms with Gasteiger partial charge in [-0.2, -0.15) is 5.10 Å². The summed E-state index contributed by atoms with van der Waals surface area (Å²) in [4.78, 5) is 17.7. The highest BCUT2D eigenvalue weighted by atomic mass is 16.5. The maximum atomic E-state index is 12.0. The monoisotopic (exact) mass is 238 g/mol. The topological polar surface area (TPSA) is 60.2 Å². The molecular weight excluding hydrogens is 220 g/mol. The maximum Gasteiger partial charge on any atom is 0.224 e. The smallest absolute Gasteiger partial charge is 0.224 e. The van der Waals surface area contributed by atoms with Gasteiger partial charge in [-0.25, -0.2) is 4.98 Å². The van der Waals surface area contributed by atoms with Crippen molar-refractivity contribution in [1.82, 2.24) is 19.7 Å². The Bertz CT molecular complexity index is 356. The van der Waals surface area contributed by atoms with Crippen LogP contribution < -0.4 is 0 Å². The fourth-order valence-electron chi connectivity index (χ4n) is 2.10. The van der Waals surface area contributed by atoms with E-state index in [0.717, 1.165) is 0 Å². The molecule has 2 heterocycles. The number of hydrogen-bond donors (Lipinski definition) is 0. The van der Waals surface area contributed by atoms with Crippen molar-refractivity contribution in [3.05, 3.63) is 12.7 Å². The van der Waals surface area contributed by atoms with Crippen molar-refractivity contribution in [3.8, 4) is 0 Å². The van der Waals surface area contributed by atoms with Gasteiger partial charge >= 0.3 is 0 Å². The van der Waals surface area contributed by atoms with E-state index in [9.17, 15) is 4.79 Å². The lowest BCUT2D eigenvalue weighted by molar-refractivity contribution is -0.143. The van der Waals surface area contributed by atoms with Gasteiger partial charge in [-0.05, 0) is 13.8 Å². The highest BCUT2D eigenvalue weighted by molar-refractivity contribution is 5.76. The van der Waals surface area contributed by atoms with Crippen LogP contribution in [0.2, 0.25) is 0 Å². The molecule has 1 aromatic rings. The summed E-state index contributed by atoms with van der Waals surface area (Å²) >= 11 is 0. The van der Waals surface area contributed by atoms with Crippen molar-refractivity contribution in [2.24, 2.45) is 0 Å². The molecule has 0 N–H and O–H groups in total. The molecular formula is C11H18N4O2. The number of hydrogen-bond acceptors (Lipinski definition) is 4. The van der Waals surface area contributed by atoms with Crippen molar-refractivity contribution in [2.45, 2.75) is 39.0 Å². The molecule has 0 aromatic carbocycles. The Hall–Kier alpha value is -1.43. The molecule has 1 aliphatic heterocycles. The minimum Gasteiger partial charge on any atom is -0.372 e. The zero-order valence-electron chi connectivity index (χ0n) is 10.2. The average Bonchev–Trinajstić information content (AvgIpc) is 2.77. The van der Waals surface area contributed by atoms with Gasteiger partial charge in [0.05, 0.1) is 18.8 Å². The summed E-state index contributed by atoms with van der Waals surface area (Å²) in [6, 6.07) is 0. The van der Waals surface area contributed by atoms with Crippen LogP contribution in [-0.2, 0) is 16.1 Å². The predicted octanol–water partition coefficient (Wildman–Crippen LogP) is 0.304. The molecule has 1 aliphatic rings. The summed E-state index contributed by atoms with van der Waals surface area (Å²) in [5.41, 5.74) is 0. The highest BCUT2D eigenvalue weighted by Gasteiger charge is 2.25. The van der Waals surface area contributed by atoms with Gasteiger partial charge in [0.25, 0.3) is 0 Å². The molecule has 0 saturated carbocycles. The summed E-state index contributed by atoms with van der Waals surface area (Å²) < 4.78 is 7.27. The predicted molar refractivity (Wildman–Crippen MR) is 61.2 cm³/mol. The zero-order valence-corrected chi connectivity index (χ0v) is 10.2. The number of carbonyl (C=O) groups excluding carboxylic acids is 1. The van der Waals surface area contributed by atoms with Crippen LogP contribution in [0.4, 0.5) is 0 Å². The Morgan fingerprint density at radius 2 is 2.12 bits per heavy atom. The number of rotatable bonds is 3. The van der Waals surface area contributed by atoms with E-state index in [1.165, 1.54) is 6.33 Å². The summed E-state index contributed by atoms with van der Waals surface area (Å²) in [6.45, 7) is 5.93. The molecule has 1 aromatic heterocycles. The van der Waals surface area contributed by atoms with Gasteiger partial charge in [0.1, 0.15) is 12.7 Å². The van der Waals surface area contributed by atoms with E-state index >= 15 is 0 Å². The maximum absolute atomic E-state index is 12.0. The number of aromatic nitrogens is 3. The number of carbonyl (C=O) groups is 1. The van der Waals surface area contributed by atoms with Crippen molar-refractivity contribution in [3.63, 3.8) is 0 Å². The van der Waals surface area contributed by atoms with Crippen LogP contribution in [0.1, 0.15) is 20.3 Å². The first kappa shape index (κ1) is 12.0. The molecule has 2 rings (SSSR count). The van der Waals surface area contributed by atoms with Crippen molar-refractivity contribution in [2.75, 3.05) is 13.1 Å². The SMILES string of the molecule is CC1CN(C(=O)CCn2cncn2)CC(C)O1. The molecule has 2 atom stereocenters. The highest BCUT2D eigenvalue weighted by Crippen LogP contribution is 2.11. The Morgan fingerprint density at radius 3 is 2.71 bits per heavy atom. The van der Waals surface area contributed by atoms with E-state index < -0.39 is 0 Å². The van der Waals surface area contributed by atoms with Gasteiger partial charge in [-0.3, -0.25) is 9.48 Å². The van der Waals surface area contributed by atoms with Crippen LogP contribution in [0.3, 0.4) is 0 Å². The van der Waals surface area contributed by atoms with E-state index in [4.69, 9.17) is 4.74 Å². The molecule has 1 fully saturated rings. The molecule has 0 aliphatic carbocycles. The molecule has 1 saturated heterocycles. The molecule has 2 unspecified atom stereocenters. The summed E-state index contributed by atoms with van der Waals surface area (Å²) in [5.74, 6) is 0.155. The average molecular weight is 238 g/mol. The van der Waals surface area contributed by atoms with Crippen molar-refractivity contribution < 1.29 is 9.53 Å². The van der Waals surface area contributed by atoms with Crippen LogP contribution in [0, 0.1) is 0 Å². The molecule has 1 amide bonds. The van der Waals surface area contributed by atoms with Crippen LogP contribution in [0.5, 0.6) is 0 Å². The van der Waals surface area contributed by atoms with E-state index in [1.54, 1.807) is 11.0 Å². The fraction of sp³-hybridized carbons (Fsp3) is 0.727. The van der Waals surface area contributed by atoms with Crippen LogP contribution in [-0.4, -0.2) is 50.9 Å². The summed E-state index contributed by atoms with van der Waals surface area (Å²) in [5, 5.41) is 3.97. The minimum atomic E-state index is 0.120. The first-order chi connectivity index (χ1) is 8.15. The lowest BCUT2D eigenvalue weighted by Crippen LogP contribution is -2.48. The largest absolute Gasteiger partial charge is 0.372 e. The quantitative estimate of drug-likeness (QED) is 0.760. The van der Waals surface area contributed by atoms with Crippen LogP contribution in [0.15, 0.2) is 12.7 Å². The molecule has 0 radical (unpaired) electrons. The molecule has 0 spiro atoms. The fourth-order valence-corrected chi connectivity index (χ4v) is 2.10. The molecule has 6 heteroatoms. The molecule has 94 valence electrons. The third-order valence-corrected chi connectivity index (χ3v) is 2.79. The molecule has 6 nitrogen and oxygen atoms in total. The Labute approximate surface area is 101 Å². The molecule has 17 heavy (non-hydrogen) atoms. The van der Waals surface area contributed by atoms with Gasteiger partial charge in [-0.1, -0.05) is 0 Å². The number of aryl methyl sites for hydroxylation is 1. The first-order valence-electron chi connectivity index (χ1n) is 5.91. The molecule has 0 bridgehead atoms. The van der Waals surface area contributed by atoms with E-state index in [1.807, 2.05) is 18.7 Å². The number of nitrogens with zero attached hydrogens (tertiary/aromatic N) is 4. The third-order valence-electron chi connectivity index (χ3n) is 2.79. The van der Waals surface area contributed by atoms with Gasteiger partial charge in [0.15, 0.2) is 0 Å². The Balaban J connectivity index is 1.83. The third kappa shape index (κ3) is 3.26. The van der Waals surface area contributed by atoms with E-state index in [-0.39, 0.29) is 18.1 Å². The normalized spacial score (nSPS) is 24.9. The van der Waals surface area contributed by atoms with Gasteiger partial charge in [0.2, 0.25) is 5.91 Å². The number of amides is 1. The van der Waals surface area contributed by atoms with Crippen LogP contribution in [0.25, 0.3) is 0 Å². The second-order valence-corrected chi connectivity index (χ2v) is 4.46. The van der Waals surface area contributed by atoms with Crippen molar-refractivity contribution >= 4 is 5.91 Å². The second kappa shape index (κ2) is 5.27. The lowest BCUT2D eigenvalue weighted by Gasteiger charge is -2.35. The van der Waals surface area contributed by atoms with Gasteiger partial charge in [0, 0.05) is 19.5 Å². The van der Waals surface area contributed by atoms with E-state index in [2.05, 4.69) is 10.1 Å². The Morgan fingerprint density at radius 1 is 1.41 bits per heavy atom. The number of ether oxygens (including phenoxy) is 1. The lowest BCUT2D eigenvalue weighted by atomic mass is 10.2. The Kier molecular flexibility index (Phi) is 3.73. The van der Waals surface area contributed by atoms with Crippen molar-refractivity contribution in [1.29, 1.82) is 0 Å². The summed E-state index contributed by atoms with van der Waals surface area (Å²) in [7, 11) is 0. The van der Waals surface area contributed by atoms with Crippen LogP contribution >= 0.6 is 0 Å². The number of morpholine rings is 1. The van der Waals surface area contributed by atoms with E-state index in [0.29, 0.717) is 26.1 Å². The van der Waals surface area contributed by atoms with Gasteiger partial charge < -0.3 is 9.64 Å². The second-order valence-electron chi connectivity index (χ2n) is 4.46. The minimum absolute atomic E-state index is 0.120. The summed E-state index contributed by atoms with van der Waals surface area (Å²) in [6.07, 6.45) is 3.80. The van der Waals surface area contributed by atoms with Gasteiger partial charge in [-0.15, -0.1) is 0 Å². The zero-order chi connectivity index (χ0) is 12.3. The first-order valence-corrected chi connectivity index (χ1v) is 5.91. The standard InChI is InChI=1S/C11H18N4O2/c1-9-5-14(6-10(2)17-9)11(16)3-4-15-8-12-7-13-15/h7-10H,3-6H2,1-2H3.